The van der Waals surface area contributed by atoms with E-state index in [0.29, 0.717) is 11.3 Å². The van der Waals surface area contributed by atoms with Gasteiger partial charge in [-0.25, -0.2) is 4.79 Å². The van der Waals surface area contributed by atoms with Gasteiger partial charge in [0, 0.05) is 5.56 Å². The van der Waals surface area contributed by atoms with Crippen molar-refractivity contribution in [3.63, 3.8) is 0 Å². The van der Waals surface area contributed by atoms with Crippen LogP contribution in [0, 0.1) is 6.92 Å². The molecule has 0 spiro atoms. The molecule has 0 unspecified atom stereocenters. The number of ether oxygens (including phenoxy) is 2. The normalized spacial score (nSPS) is 10.3. The van der Waals surface area contributed by atoms with Gasteiger partial charge in [0.2, 0.25) is 0 Å². The summed E-state index contributed by atoms with van der Waals surface area (Å²) in [6, 6.07) is 32.3. The van der Waals surface area contributed by atoms with Crippen molar-refractivity contribution >= 4 is 33.8 Å². The van der Waals surface area contributed by atoms with Crippen molar-refractivity contribution in [3.05, 3.63) is 120 Å². The third-order valence-corrected chi connectivity index (χ3v) is 5.41. The van der Waals surface area contributed by atoms with E-state index in [1.165, 1.54) is 10.9 Å². The number of hydrogen-bond acceptors (Lipinski definition) is 4. The van der Waals surface area contributed by atoms with Crippen LogP contribution in [0.5, 0.6) is 11.5 Å². The zero-order chi connectivity index (χ0) is 23.9. The summed E-state index contributed by atoms with van der Waals surface area (Å²) in [6.07, 6.45) is 0.874. The van der Waals surface area contributed by atoms with E-state index in [-0.39, 0.29) is 5.97 Å². The lowest BCUT2D eigenvalue weighted by Crippen LogP contribution is -2.08. The summed E-state index contributed by atoms with van der Waals surface area (Å²) in [5.74, 6) is 0.848. The first-order valence-corrected chi connectivity index (χ1v) is 10.9. The van der Waals surface area contributed by atoms with Gasteiger partial charge >= 0.3 is 5.97 Å². The first kappa shape index (κ1) is 22.7. The molecule has 0 aromatic heterocycles. The maximum Gasteiger partial charge on any atom is 0.343 e. The molecule has 0 radical (unpaired) electrons. The van der Waals surface area contributed by atoms with E-state index in [0.717, 1.165) is 33.8 Å². The molecule has 0 bridgehead atoms. The highest BCUT2D eigenvalue weighted by molar-refractivity contribution is 5.96. The van der Waals surface area contributed by atoms with Crippen LogP contribution >= 0.6 is 0 Å². The fraction of sp³-hybridized carbons (Fsp3) is 0.0667. The SMILES string of the molecule is COc1ccc(OC(=O)c2ccc3ccccc3c2)cc1.Cc1ccc2cc(C=O)ccc2c1. The molecule has 0 aliphatic carbocycles. The molecule has 168 valence electrons. The molecule has 0 aliphatic heterocycles. The number of rotatable bonds is 4. The maximum absolute atomic E-state index is 12.2. The second-order valence-electron chi connectivity index (χ2n) is 7.85. The average molecular weight is 449 g/mol. The fourth-order valence-corrected chi connectivity index (χ4v) is 3.58. The smallest absolute Gasteiger partial charge is 0.343 e. The van der Waals surface area contributed by atoms with Gasteiger partial charge < -0.3 is 9.47 Å². The van der Waals surface area contributed by atoms with E-state index in [4.69, 9.17) is 9.47 Å². The maximum atomic E-state index is 12.2. The second kappa shape index (κ2) is 10.5. The Bertz CT molecular complexity index is 1450. The Balaban J connectivity index is 0.000000180. The monoisotopic (exact) mass is 448 g/mol. The predicted octanol–water partition coefficient (Wildman–Crippen LogP) is 7.03. The van der Waals surface area contributed by atoms with Crippen molar-refractivity contribution in [1.82, 2.24) is 0 Å². The van der Waals surface area contributed by atoms with Crippen molar-refractivity contribution in [1.29, 1.82) is 0 Å². The van der Waals surface area contributed by atoms with Gasteiger partial charge in [-0.3, -0.25) is 4.79 Å². The Morgan fingerprint density at radius 3 is 2.03 bits per heavy atom. The van der Waals surface area contributed by atoms with Gasteiger partial charge in [-0.15, -0.1) is 0 Å². The molecule has 4 heteroatoms. The van der Waals surface area contributed by atoms with Gasteiger partial charge in [0.05, 0.1) is 12.7 Å². The van der Waals surface area contributed by atoms with Crippen molar-refractivity contribution < 1.29 is 19.1 Å². The van der Waals surface area contributed by atoms with Crippen LogP contribution in [-0.4, -0.2) is 19.4 Å². The first-order valence-electron chi connectivity index (χ1n) is 10.9. The van der Waals surface area contributed by atoms with Crippen LogP contribution in [0.1, 0.15) is 26.3 Å². The van der Waals surface area contributed by atoms with Crippen molar-refractivity contribution in [2.45, 2.75) is 6.92 Å². The van der Waals surface area contributed by atoms with E-state index in [1.807, 2.05) is 60.7 Å². The van der Waals surface area contributed by atoms with Gasteiger partial charge in [-0.1, -0.05) is 66.2 Å². The number of aryl methyl sites for hydroxylation is 1. The molecule has 5 aromatic rings. The minimum Gasteiger partial charge on any atom is -0.497 e. The van der Waals surface area contributed by atoms with Crippen LogP contribution in [-0.2, 0) is 0 Å². The minimum atomic E-state index is -0.370. The van der Waals surface area contributed by atoms with Crippen molar-refractivity contribution in [3.8, 4) is 11.5 Å². The quantitative estimate of drug-likeness (QED) is 0.168. The number of esters is 1. The summed E-state index contributed by atoms with van der Waals surface area (Å²) < 4.78 is 10.4. The molecule has 0 aliphatic rings. The van der Waals surface area contributed by atoms with Crippen LogP contribution in [0.25, 0.3) is 21.5 Å². The molecule has 0 fully saturated rings. The number of benzene rings is 5. The lowest BCUT2D eigenvalue weighted by atomic mass is 10.1. The number of hydrogen-bond donors (Lipinski definition) is 0. The van der Waals surface area contributed by atoms with Crippen LogP contribution in [0.15, 0.2) is 103 Å². The lowest BCUT2D eigenvalue weighted by molar-refractivity contribution is 0.0734. The Morgan fingerprint density at radius 1 is 0.676 bits per heavy atom. The molecule has 5 rings (SSSR count). The van der Waals surface area contributed by atoms with E-state index in [1.54, 1.807) is 37.4 Å². The Kier molecular flexibility index (Phi) is 6.99. The number of fused-ring (bicyclic) bond motifs is 2. The largest absolute Gasteiger partial charge is 0.497 e. The van der Waals surface area contributed by atoms with Crippen LogP contribution in [0.4, 0.5) is 0 Å². The highest BCUT2D eigenvalue weighted by Gasteiger charge is 2.09. The van der Waals surface area contributed by atoms with Crippen LogP contribution in [0.2, 0.25) is 0 Å². The minimum absolute atomic E-state index is 0.370. The summed E-state index contributed by atoms with van der Waals surface area (Å²) in [4.78, 5) is 22.7. The Labute approximate surface area is 198 Å². The molecule has 0 atom stereocenters. The zero-order valence-electron chi connectivity index (χ0n) is 19.0. The highest BCUT2D eigenvalue weighted by Crippen LogP contribution is 2.20. The zero-order valence-corrected chi connectivity index (χ0v) is 19.0. The molecule has 5 aromatic carbocycles. The molecule has 34 heavy (non-hydrogen) atoms. The number of carbonyl (C=O) groups is 2. The van der Waals surface area contributed by atoms with Crippen molar-refractivity contribution in [2.75, 3.05) is 7.11 Å². The molecule has 4 nitrogen and oxygen atoms in total. The summed E-state index contributed by atoms with van der Waals surface area (Å²) in [5, 5.41) is 4.42. The average Bonchev–Trinajstić information content (AvgIpc) is 2.89. The number of carbonyl (C=O) groups excluding carboxylic acids is 2. The Hall–Kier alpha value is -4.44. The molecule has 0 saturated heterocycles. The Morgan fingerprint density at radius 2 is 1.29 bits per heavy atom. The van der Waals surface area contributed by atoms with Gasteiger partial charge in [-0.2, -0.15) is 0 Å². The fourth-order valence-electron chi connectivity index (χ4n) is 3.58. The topological polar surface area (TPSA) is 52.6 Å². The van der Waals surface area contributed by atoms with Gasteiger partial charge in [0.15, 0.2) is 0 Å². The van der Waals surface area contributed by atoms with Crippen LogP contribution in [0.3, 0.4) is 0 Å². The van der Waals surface area contributed by atoms with Gasteiger partial charge in [0.1, 0.15) is 17.8 Å². The standard InChI is InChI=1S/C18H14O3.C12H10O/c1-20-16-8-10-17(11-9-16)21-18(19)15-7-6-13-4-2-3-5-14(13)12-15;1-9-2-4-12-7-10(8-13)3-5-11(12)6-9/h2-12H,1H3;2-8H,1H3. The van der Waals surface area contributed by atoms with Gasteiger partial charge in [-0.05, 0) is 70.9 Å². The number of methoxy groups -OCH3 is 1. The molecular formula is C30H24O4. The van der Waals surface area contributed by atoms with E-state index >= 15 is 0 Å². The molecule has 0 N–H and O–H groups in total. The third kappa shape index (κ3) is 5.48. The van der Waals surface area contributed by atoms with Gasteiger partial charge in [0.25, 0.3) is 0 Å². The second-order valence-corrected chi connectivity index (χ2v) is 7.85. The first-order chi connectivity index (χ1) is 16.6. The highest BCUT2D eigenvalue weighted by atomic mass is 16.5. The van der Waals surface area contributed by atoms with E-state index in [9.17, 15) is 9.59 Å². The number of aldehydes is 1. The summed E-state index contributed by atoms with van der Waals surface area (Å²) in [5.41, 5.74) is 2.51. The summed E-state index contributed by atoms with van der Waals surface area (Å²) >= 11 is 0. The molecule has 0 heterocycles. The molecular weight excluding hydrogens is 424 g/mol. The summed E-state index contributed by atoms with van der Waals surface area (Å²) in [7, 11) is 1.59. The molecule has 0 amide bonds. The summed E-state index contributed by atoms with van der Waals surface area (Å²) in [6.45, 7) is 2.06. The lowest BCUT2D eigenvalue weighted by Gasteiger charge is -2.06. The van der Waals surface area contributed by atoms with Crippen molar-refractivity contribution in [2.24, 2.45) is 0 Å². The van der Waals surface area contributed by atoms with Crippen LogP contribution < -0.4 is 9.47 Å². The van der Waals surface area contributed by atoms with E-state index < -0.39 is 0 Å². The predicted molar refractivity (Wildman–Crippen MR) is 136 cm³/mol. The third-order valence-electron chi connectivity index (χ3n) is 5.41. The molecule has 0 saturated carbocycles. The van der Waals surface area contributed by atoms with E-state index in [2.05, 4.69) is 19.1 Å².